The maximum absolute atomic E-state index is 6.13. The summed E-state index contributed by atoms with van der Waals surface area (Å²) in [6.45, 7) is 0. The molecule has 0 unspecified atom stereocenters. The molecular formula is C21H20ClN5. The van der Waals surface area contributed by atoms with Crippen molar-refractivity contribution in [3.63, 3.8) is 0 Å². The fourth-order valence-corrected chi connectivity index (χ4v) is 4.47. The molecule has 136 valence electrons. The van der Waals surface area contributed by atoms with E-state index in [0.717, 1.165) is 22.0 Å². The van der Waals surface area contributed by atoms with Crippen LogP contribution < -0.4 is 0 Å². The number of hydrogen-bond donors (Lipinski definition) is 0. The van der Waals surface area contributed by atoms with Crippen LogP contribution in [0, 0.1) is 0 Å². The SMILES string of the molecule is Clc1ccc(-n2c(-n3ccnn3)c(C3CCCCC3)c3ccncc32)cc1. The van der Waals surface area contributed by atoms with Crippen LogP contribution >= 0.6 is 11.6 Å². The van der Waals surface area contributed by atoms with Gasteiger partial charge in [0.05, 0.1) is 24.1 Å². The molecule has 0 amide bonds. The summed E-state index contributed by atoms with van der Waals surface area (Å²) in [5.74, 6) is 1.58. The van der Waals surface area contributed by atoms with Gasteiger partial charge in [-0.3, -0.25) is 9.55 Å². The molecule has 1 aliphatic rings. The topological polar surface area (TPSA) is 48.5 Å². The molecule has 4 aromatic rings. The summed E-state index contributed by atoms with van der Waals surface area (Å²) in [6, 6.07) is 10.1. The third-order valence-electron chi connectivity index (χ3n) is 5.52. The third kappa shape index (κ3) is 2.82. The minimum Gasteiger partial charge on any atom is -0.293 e. The van der Waals surface area contributed by atoms with Gasteiger partial charge in [0.25, 0.3) is 0 Å². The quantitative estimate of drug-likeness (QED) is 0.486. The Bertz CT molecular complexity index is 1060. The van der Waals surface area contributed by atoms with Crippen molar-refractivity contribution < 1.29 is 0 Å². The molecule has 1 aliphatic carbocycles. The average molecular weight is 378 g/mol. The van der Waals surface area contributed by atoms with Gasteiger partial charge in [-0.05, 0) is 49.1 Å². The maximum Gasteiger partial charge on any atom is 0.145 e. The van der Waals surface area contributed by atoms with Crippen LogP contribution in [0.15, 0.2) is 55.1 Å². The predicted octanol–water partition coefficient (Wildman–Crippen LogP) is 5.31. The largest absolute Gasteiger partial charge is 0.293 e. The van der Waals surface area contributed by atoms with E-state index < -0.39 is 0 Å². The van der Waals surface area contributed by atoms with Gasteiger partial charge in [0.2, 0.25) is 0 Å². The monoisotopic (exact) mass is 377 g/mol. The van der Waals surface area contributed by atoms with Crippen LogP contribution in [-0.2, 0) is 0 Å². The zero-order valence-electron chi connectivity index (χ0n) is 14.9. The van der Waals surface area contributed by atoms with E-state index in [9.17, 15) is 0 Å². The van der Waals surface area contributed by atoms with E-state index in [2.05, 4.69) is 25.9 Å². The lowest BCUT2D eigenvalue weighted by Crippen LogP contribution is -2.11. The number of benzene rings is 1. The minimum absolute atomic E-state index is 0.524. The van der Waals surface area contributed by atoms with Crippen molar-refractivity contribution in [3.05, 3.63) is 65.7 Å². The van der Waals surface area contributed by atoms with Crippen LogP contribution in [0.4, 0.5) is 0 Å². The van der Waals surface area contributed by atoms with Gasteiger partial charge < -0.3 is 0 Å². The number of aromatic nitrogens is 5. The summed E-state index contributed by atoms with van der Waals surface area (Å²) in [7, 11) is 0. The second-order valence-corrected chi connectivity index (χ2v) is 7.56. The minimum atomic E-state index is 0.524. The Balaban J connectivity index is 1.85. The molecule has 0 aliphatic heterocycles. The van der Waals surface area contributed by atoms with Gasteiger partial charge in [-0.25, -0.2) is 4.68 Å². The molecule has 1 saturated carbocycles. The summed E-state index contributed by atoms with van der Waals surface area (Å²) in [4.78, 5) is 4.41. The summed E-state index contributed by atoms with van der Waals surface area (Å²) in [5, 5.41) is 10.4. The molecule has 3 heterocycles. The lowest BCUT2D eigenvalue weighted by molar-refractivity contribution is 0.443. The highest BCUT2D eigenvalue weighted by Gasteiger charge is 2.27. The van der Waals surface area contributed by atoms with Crippen LogP contribution in [0.2, 0.25) is 5.02 Å². The van der Waals surface area contributed by atoms with E-state index >= 15 is 0 Å². The van der Waals surface area contributed by atoms with Crippen molar-refractivity contribution in [1.29, 1.82) is 0 Å². The van der Waals surface area contributed by atoms with Crippen LogP contribution in [0.5, 0.6) is 0 Å². The lowest BCUT2D eigenvalue weighted by Gasteiger charge is -2.23. The van der Waals surface area contributed by atoms with Crippen molar-refractivity contribution in [2.45, 2.75) is 38.0 Å². The second-order valence-electron chi connectivity index (χ2n) is 7.12. The summed E-state index contributed by atoms with van der Waals surface area (Å²) >= 11 is 6.13. The molecule has 0 saturated heterocycles. The van der Waals surface area contributed by atoms with Crippen molar-refractivity contribution in [2.24, 2.45) is 0 Å². The van der Waals surface area contributed by atoms with Crippen LogP contribution in [0.1, 0.15) is 43.6 Å². The van der Waals surface area contributed by atoms with Gasteiger partial charge in [-0.15, -0.1) is 5.10 Å². The Labute approximate surface area is 162 Å². The standard InChI is InChI=1S/C21H20ClN5/c22-16-6-8-17(9-7-16)27-19-14-23-11-10-18(19)20(15-4-2-1-3-5-15)21(27)26-13-12-24-25-26/h6-15H,1-5H2. The Morgan fingerprint density at radius 2 is 1.78 bits per heavy atom. The fraction of sp³-hybridized carbons (Fsp3) is 0.286. The molecule has 0 atom stereocenters. The Kier molecular flexibility index (Phi) is 4.17. The Morgan fingerprint density at radius 1 is 0.963 bits per heavy atom. The van der Waals surface area contributed by atoms with Crippen molar-refractivity contribution in [3.8, 4) is 11.5 Å². The highest BCUT2D eigenvalue weighted by atomic mass is 35.5. The van der Waals surface area contributed by atoms with E-state index in [1.54, 1.807) is 6.20 Å². The van der Waals surface area contributed by atoms with E-state index in [0.29, 0.717) is 5.92 Å². The first kappa shape index (κ1) is 16.5. The maximum atomic E-state index is 6.13. The van der Waals surface area contributed by atoms with E-state index in [1.807, 2.05) is 47.5 Å². The first-order valence-electron chi connectivity index (χ1n) is 9.44. The van der Waals surface area contributed by atoms with Gasteiger partial charge >= 0.3 is 0 Å². The van der Waals surface area contributed by atoms with Gasteiger partial charge in [0, 0.05) is 27.9 Å². The van der Waals surface area contributed by atoms with E-state index in [-0.39, 0.29) is 0 Å². The molecule has 0 N–H and O–H groups in total. The van der Waals surface area contributed by atoms with Crippen LogP contribution in [0.25, 0.3) is 22.4 Å². The summed E-state index contributed by atoms with van der Waals surface area (Å²) in [6.07, 6.45) is 13.8. The number of hydrogen-bond acceptors (Lipinski definition) is 3. The van der Waals surface area contributed by atoms with Crippen LogP contribution in [-0.4, -0.2) is 24.5 Å². The molecular weight excluding hydrogens is 358 g/mol. The van der Waals surface area contributed by atoms with Crippen LogP contribution in [0.3, 0.4) is 0 Å². The average Bonchev–Trinajstić information content (AvgIpc) is 3.35. The predicted molar refractivity (Wildman–Crippen MR) is 107 cm³/mol. The lowest BCUT2D eigenvalue weighted by atomic mass is 9.83. The molecule has 6 heteroatoms. The number of fused-ring (bicyclic) bond motifs is 1. The number of halogens is 1. The second kappa shape index (κ2) is 6.82. The molecule has 5 nitrogen and oxygen atoms in total. The van der Waals surface area contributed by atoms with Gasteiger partial charge in [0.15, 0.2) is 0 Å². The van der Waals surface area contributed by atoms with E-state index in [4.69, 9.17) is 11.6 Å². The van der Waals surface area contributed by atoms with E-state index in [1.165, 1.54) is 43.1 Å². The first-order chi connectivity index (χ1) is 13.3. The number of pyridine rings is 1. The molecule has 5 rings (SSSR count). The summed E-state index contributed by atoms with van der Waals surface area (Å²) < 4.78 is 4.12. The van der Waals surface area contributed by atoms with Gasteiger partial charge in [-0.2, -0.15) is 0 Å². The zero-order chi connectivity index (χ0) is 18.2. The normalized spacial score (nSPS) is 15.4. The highest BCUT2D eigenvalue weighted by Crippen LogP contribution is 2.42. The Hall–Kier alpha value is -2.66. The molecule has 3 aromatic heterocycles. The fourth-order valence-electron chi connectivity index (χ4n) is 4.34. The van der Waals surface area contributed by atoms with Gasteiger partial charge in [-0.1, -0.05) is 36.1 Å². The molecule has 0 radical (unpaired) electrons. The molecule has 0 spiro atoms. The van der Waals surface area contributed by atoms with Crippen molar-refractivity contribution in [1.82, 2.24) is 24.5 Å². The zero-order valence-corrected chi connectivity index (χ0v) is 15.7. The first-order valence-corrected chi connectivity index (χ1v) is 9.81. The smallest absolute Gasteiger partial charge is 0.145 e. The molecule has 1 aromatic carbocycles. The molecule has 1 fully saturated rings. The van der Waals surface area contributed by atoms with Crippen molar-refractivity contribution in [2.75, 3.05) is 0 Å². The number of nitrogens with zero attached hydrogens (tertiary/aromatic N) is 5. The van der Waals surface area contributed by atoms with Gasteiger partial charge in [0.1, 0.15) is 5.82 Å². The third-order valence-corrected chi connectivity index (χ3v) is 5.77. The molecule has 27 heavy (non-hydrogen) atoms. The van der Waals surface area contributed by atoms with Crippen molar-refractivity contribution >= 4 is 22.5 Å². The number of rotatable bonds is 3. The summed E-state index contributed by atoms with van der Waals surface area (Å²) in [5.41, 5.74) is 3.49. The molecule has 0 bridgehead atoms. The Morgan fingerprint density at radius 3 is 2.52 bits per heavy atom. The highest BCUT2D eigenvalue weighted by molar-refractivity contribution is 6.30.